The number of rotatable bonds is 3. The predicted octanol–water partition coefficient (Wildman–Crippen LogP) is 4.80. The summed E-state index contributed by atoms with van der Waals surface area (Å²) in [5.41, 5.74) is 1.66. The molecule has 0 bridgehead atoms. The molecule has 1 heterocycles. The standard InChI is InChI=1S/C21H31N3O4/c1-8-9-10-11-12-16-13-14-17(22-15-16)24(19(26)28-21(5,6)7)23-18(25)27-20(2,3)4/h13-15H,8-10H2,1-7H3,(H,23,25). The first-order valence-electron chi connectivity index (χ1n) is 9.39. The fourth-order valence-electron chi connectivity index (χ4n) is 1.92. The number of carbonyl (C=O) groups is 2. The Hall–Kier alpha value is -2.75. The summed E-state index contributed by atoms with van der Waals surface area (Å²) in [5, 5.41) is 0.924. The Morgan fingerprint density at radius 1 is 1.11 bits per heavy atom. The molecule has 2 amide bonds. The molecule has 1 aromatic heterocycles. The molecule has 0 spiro atoms. The van der Waals surface area contributed by atoms with Crippen molar-refractivity contribution >= 4 is 18.0 Å². The van der Waals surface area contributed by atoms with Gasteiger partial charge in [-0.1, -0.05) is 25.2 Å². The SMILES string of the molecule is CCCCC#Cc1ccc(N(NC(=O)OC(C)(C)C)C(=O)OC(C)(C)C)nc1. The van der Waals surface area contributed by atoms with Crippen molar-refractivity contribution in [3.63, 3.8) is 0 Å². The summed E-state index contributed by atoms with van der Waals surface area (Å²) in [6.07, 6.45) is 2.94. The molecule has 0 radical (unpaired) electrons. The van der Waals surface area contributed by atoms with Crippen LogP contribution in [0.1, 0.15) is 73.3 Å². The van der Waals surface area contributed by atoms with Crippen molar-refractivity contribution in [3.8, 4) is 11.8 Å². The zero-order valence-corrected chi connectivity index (χ0v) is 17.9. The van der Waals surface area contributed by atoms with Gasteiger partial charge in [-0.05, 0) is 60.1 Å². The molecule has 1 rings (SSSR count). The number of carbonyl (C=O) groups excluding carboxylic acids is 2. The third-order valence-electron chi connectivity index (χ3n) is 3.04. The monoisotopic (exact) mass is 389 g/mol. The van der Waals surface area contributed by atoms with Crippen molar-refractivity contribution in [1.29, 1.82) is 0 Å². The van der Waals surface area contributed by atoms with Gasteiger partial charge in [0.05, 0.1) is 0 Å². The van der Waals surface area contributed by atoms with Gasteiger partial charge in [-0.2, -0.15) is 5.01 Å². The molecule has 28 heavy (non-hydrogen) atoms. The maximum Gasteiger partial charge on any atom is 0.435 e. The van der Waals surface area contributed by atoms with Gasteiger partial charge in [0.15, 0.2) is 5.82 Å². The van der Waals surface area contributed by atoms with Gasteiger partial charge in [0.1, 0.15) is 11.2 Å². The number of hydrogen-bond acceptors (Lipinski definition) is 5. The quantitative estimate of drug-likeness (QED) is 0.456. The van der Waals surface area contributed by atoms with Crippen molar-refractivity contribution < 1.29 is 19.1 Å². The molecule has 1 N–H and O–H groups in total. The topological polar surface area (TPSA) is 80.8 Å². The van der Waals surface area contributed by atoms with E-state index in [0.717, 1.165) is 29.8 Å². The van der Waals surface area contributed by atoms with Gasteiger partial charge in [0.2, 0.25) is 0 Å². The molecule has 0 aliphatic carbocycles. The average Bonchev–Trinajstić information content (AvgIpc) is 2.54. The largest absolute Gasteiger partial charge is 0.443 e. The normalized spacial score (nSPS) is 11.1. The second-order valence-corrected chi connectivity index (χ2v) is 8.24. The third kappa shape index (κ3) is 9.26. The number of hydrogen-bond donors (Lipinski definition) is 1. The Bertz CT molecular complexity index is 719. The summed E-state index contributed by atoms with van der Waals surface area (Å²) in [7, 11) is 0. The fraction of sp³-hybridized carbons (Fsp3) is 0.571. The van der Waals surface area contributed by atoms with Crippen molar-refractivity contribution in [3.05, 3.63) is 23.9 Å². The summed E-state index contributed by atoms with van der Waals surface area (Å²) in [4.78, 5) is 28.9. The highest BCUT2D eigenvalue weighted by Gasteiger charge is 2.28. The van der Waals surface area contributed by atoms with Crippen LogP contribution in [0.3, 0.4) is 0 Å². The minimum absolute atomic E-state index is 0.194. The van der Waals surface area contributed by atoms with Gasteiger partial charge in [-0.15, -0.1) is 0 Å². The van der Waals surface area contributed by atoms with Crippen LogP contribution >= 0.6 is 0 Å². The molecule has 0 saturated carbocycles. The molecule has 0 fully saturated rings. The maximum absolute atomic E-state index is 12.6. The zero-order chi connectivity index (χ0) is 21.4. The van der Waals surface area contributed by atoms with Crippen molar-refractivity contribution in [2.75, 3.05) is 5.01 Å². The van der Waals surface area contributed by atoms with E-state index in [2.05, 4.69) is 29.2 Å². The Kier molecular flexibility index (Phi) is 8.30. The molecule has 0 aromatic carbocycles. The van der Waals surface area contributed by atoms with Crippen LogP contribution in [-0.2, 0) is 9.47 Å². The summed E-state index contributed by atoms with van der Waals surface area (Å²) >= 11 is 0. The number of pyridine rings is 1. The minimum atomic E-state index is -0.788. The maximum atomic E-state index is 12.6. The van der Waals surface area contributed by atoms with Gasteiger partial charge >= 0.3 is 12.2 Å². The van der Waals surface area contributed by atoms with Crippen LogP contribution in [0.4, 0.5) is 15.4 Å². The highest BCUT2D eigenvalue weighted by atomic mass is 16.6. The number of nitrogens with zero attached hydrogens (tertiary/aromatic N) is 2. The van der Waals surface area contributed by atoms with Gasteiger partial charge in [-0.25, -0.2) is 20.0 Å². The van der Waals surface area contributed by atoms with Gasteiger partial charge in [0.25, 0.3) is 0 Å². The lowest BCUT2D eigenvalue weighted by atomic mass is 10.2. The lowest BCUT2D eigenvalue weighted by molar-refractivity contribution is 0.0424. The highest BCUT2D eigenvalue weighted by Crippen LogP contribution is 2.16. The number of unbranched alkanes of at least 4 members (excludes halogenated alkanes) is 2. The first-order chi connectivity index (χ1) is 12.9. The van der Waals surface area contributed by atoms with E-state index in [1.165, 1.54) is 0 Å². The molecular weight excluding hydrogens is 358 g/mol. The van der Waals surface area contributed by atoms with E-state index in [9.17, 15) is 9.59 Å². The Labute approximate surface area is 167 Å². The van der Waals surface area contributed by atoms with E-state index in [1.807, 2.05) is 0 Å². The summed E-state index contributed by atoms with van der Waals surface area (Å²) in [6.45, 7) is 12.5. The average molecular weight is 389 g/mol. The molecule has 154 valence electrons. The Balaban J connectivity index is 3.01. The highest BCUT2D eigenvalue weighted by molar-refractivity contribution is 5.89. The fourth-order valence-corrected chi connectivity index (χ4v) is 1.92. The van der Waals surface area contributed by atoms with Crippen molar-refractivity contribution in [2.24, 2.45) is 0 Å². The number of aromatic nitrogens is 1. The molecular formula is C21H31N3O4. The number of anilines is 1. The number of nitrogens with one attached hydrogen (secondary N) is 1. The van der Waals surface area contributed by atoms with Gasteiger partial charge in [-0.3, -0.25) is 0 Å². The Morgan fingerprint density at radius 3 is 2.25 bits per heavy atom. The first-order valence-corrected chi connectivity index (χ1v) is 9.39. The molecule has 0 aliphatic rings. The van der Waals surface area contributed by atoms with Crippen LogP contribution in [-0.4, -0.2) is 28.4 Å². The molecule has 7 heteroatoms. The predicted molar refractivity (Wildman–Crippen MR) is 109 cm³/mol. The van der Waals surface area contributed by atoms with Crippen LogP contribution in [0.25, 0.3) is 0 Å². The minimum Gasteiger partial charge on any atom is -0.443 e. The number of ether oxygens (including phenoxy) is 2. The van der Waals surface area contributed by atoms with Crippen LogP contribution in [0.5, 0.6) is 0 Å². The Morgan fingerprint density at radius 2 is 1.75 bits per heavy atom. The lowest BCUT2D eigenvalue weighted by Gasteiger charge is -2.28. The number of amides is 2. The third-order valence-corrected chi connectivity index (χ3v) is 3.04. The second-order valence-electron chi connectivity index (χ2n) is 8.24. The van der Waals surface area contributed by atoms with Crippen LogP contribution in [0.2, 0.25) is 0 Å². The van der Waals surface area contributed by atoms with Gasteiger partial charge < -0.3 is 9.47 Å². The molecule has 0 aliphatic heterocycles. The molecule has 1 aromatic rings. The first kappa shape index (κ1) is 23.3. The molecule has 0 atom stereocenters. The van der Waals surface area contributed by atoms with E-state index in [4.69, 9.17) is 9.47 Å². The molecule has 0 saturated heterocycles. The smallest absolute Gasteiger partial charge is 0.435 e. The van der Waals surface area contributed by atoms with E-state index < -0.39 is 23.4 Å². The van der Waals surface area contributed by atoms with E-state index >= 15 is 0 Å². The lowest BCUT2D eigenvalue weighted by Crippen LogP contribution is -2.50. The van der Waals surface area contributed by atoms with E-state index in [0.29, 0.717) is 0 Å². The second kappa shape index (κ2) is 9.98. The molecule has 0 unspecified atom stereocenters. The van der Waals surface area contributed by atoms with Crippen LogP contribution in [0.15, 0.2) is 18.3 Å². The van der Waals surface area contributed by atoms with Crippen molar-refractivity contribution in [1.82, 2.24) is 10.4 Å². The number of hydrazine groups is 1. The summed E-state index contributed by atoms with van der Waals surface area (Å²) in [5.74, 6) is 6.30. The van der Waals surface area contributed by atoms with E-state index in [1.54, 1.807) is 59.9 Å². The van der Waals surface area contributed by atoms with Crippen LogP contribution in [0, 0.1) is 11.8 Å². The molecule has 7 nitrogen and oxygen atoms in total. The van der Waals surface area contributed by atoms with Gasteiger partial charge in [0, 0.05) is 18.2 Å². The van der Waals surface area contributed by atoms with Crippen molar-refractivity contribution in [2.45, 2.75) is 78.9 Å². The van der Waals surface area contributed by atoms with E-state index in [-0.39, 0.29) is 5.82 Å². The summed E-state index contributed by atoms with van der Waals surface area (Å²) < 4.78 is 10.6. The zero-order valence-electron chi connectivity index (χ0n) is 17.9. The van der Waals surface area contributed by atoms with Crippen LogP contribution < -0.4 is 10.4 Å². The summed E-state index contributed by atoms with van der Waals surface area (Å²) in [6, 6.07) is 3.32.